The Bertz CT molecular complexity index is 548. The monoisotopic (exact) mass is 258 g/mol. The third-order valence-electron chi connectivity index (χ3n) is 3.53. The highest BCUT2D eigenvalue weighted by atomic mass is 16.5. The summed E-state index contributed by atoms with van der Waals surface area (Å²) in [5, 5.41) is 13.6. The SMILES string of the molecule is Cc1ccc(-c2cc(CN3CC[C@H](O)C3)on2)cc1. The molecule has 1 aromatic heterocycles. The fraction of sp³-hybridized carbons (Fsp3) is 0.400. The Morgan fingerprint density at radius 1 is 1.37 bits per heavy atom. The molecule has 1 N–H and O–H groups in total. The Hall–Kier alpha value is -1.65. The number of nitrogens with zero attached hydrogens (tertiary/aromatic N) is 2. The summed E-state index contributed by atoms with van der Waals surface area (Å²) in [4.78, 5) is 2.18. The summed E-state index contributed by atoms with van der Waals surface area (Å²) in [6, 6.07) is 10.2. The maximum Gasteiger partial charge on any atom is 0.151 e. The average molecular weight is 258 g/mol. The fourth-order valence-electron chi connectivity index (χ4n) is 2.42. The first kappa shape index (κ1) is 12.4. The van der Waals surface area contributed by atoms with Crippen LogP contribution < -0.4 is 0 Å². The van der Waals surface area contributed by atoms with E-state index < -0.39 is 0 Å². The van der Waals surface area contributed by atoms with Crippen LogP contribution in [0.25, 0.3) is 11.3 Å². The predicted molar refractivity (Wildman–Crippen MR) is 72.6 cm³/mol. The minimum atomic E-state index is -0.195. The summed E-state index contributed by atoms with van der Waals surface area (Å²) in [5.41, 5.74) is 3.18. The molecule has 0 radical (unpaired) electrons. The number of hydrogen-bond acceptors (Lipinski definition) is 4. The minimum absolute atomic E-state index is 0.195. The minimum Gasteiger partial charge on any atom is -0.392 e. The van der Waals surface area contributed by atoms with Crippen molar-refractivity contribution in [2.75, 3.05) is 13.1 Å². The topological polar surface area (TPSA) is 49.5 Å². The van der Waals surface area contributed by atoms with Gasteiger partial charge in [-0.2, -0.15) is 0 Å². The molecule has 2 heterocycles. The highest BCUT2D eigenvalue weighted by Gasteiger charge is 2.21. The van der Waals surface area contributed by atoms with E-state index >= 15 is 0 Å². The van der Waals surface area contributed by atoms with E-state index in [1.165, 1.54) is 5.56 Å². The van der Waals surface area contributed by atoms with Gasteiger partial charge >= 0.3 is 0 Å². The van der Waals surface area contributed by atoms with Crippen LogP contribution in [0, 0.1) is 6.92 Å². The van der Waals surface area contributed by atoms with Crippen molar-refractivity contribution >= 4 is 0 Å². The number of likely N-dealkylation sites (tertiary alicyclic amines) is 1. The third-order valence-corrected chi connectivity index (χ3v) is 3.53. The summed E-state index contributed by atoms with van der Waals surface area (Å²) >= 11 is 0. The van der Waals surface area contributed by atoms with Gasteiger partial charge in [-0.3, -0.25) is 4.90 Å². The van der Waals surface area contributed by atoms with Gasteiger partial charge in [-0.1, -0.05) is 35.0 Å². The van der Waals surface area contributed by atoms with Crippen LogP contribution in [0.4, 0.5) is 0 Å². The van der Waals surface area contributed by atoms with Crippen molar-refractivity contribution in [1.29, 1.82) is 0 Å². The Balaban J connectivity index is 1.71. The van der Waals surface area contributed by atoms with Gasteiger partial charge in [0.15, 0.2) is 5.76 Å². The highest BCUT2D eigenvalue weighted by Crippen LogP contribution is 2.21. The molecule has 0 spiro atoms. The molecule has 1 atom stereocenters. The number of rotatable bonds is 3. The zero-order valence-corrected chi connectivity index (χ0v) is 11.0. The third kappa shape index (κ3) is 2.85. The van der Waals surface area contributed by atoms with Crippen molar-refractivity contribution in [1.82, 2.24) is 10.1 Å². The Morgan fingerprint density at radius 3 is 2.84 bits per heavy atom. The molecule has 1 fully saturated rings. The van der Waals surface area contributed by atoms with Crippen molar-refractivity contribution in [2.45, 2.75) is 26.0 Å². The molecule has 4 heteroatoms. The molecule has 0 bridgehead atoms. The van der Waals surface area contributed by atoms with Crippen molar-refractivity contribution in [3.8, 4) is 11.3 Å². The normalized spacial score (nSPS) is 20.0. The number of aliphatic hydroxyl groups is 1. The van der Waals surface area contributed by atoms with E-state index in [1.54, 1.807) is 0 Å². The molecule has 1 saturated heterocycles. The van der Waals surface area contributed by atoms with Crippen molar-refractivity contribution < 1.29 is 9.63 Å². The Labute approximate surface area is 112 Å². The molecule has 100 valence electrons. The van der Waals surface area contributed by atoms with Gasteiger partial charge in [-0.25, -0.2) is 0 Å². The van der Waals surface area contributed by atoms with E-state index in [-0.39, 0.29) is 6.10 Å². The van der Waals surface area contributed by atoms with E-state index in [4.69, 9.17) is 4.52 Å². The number of β-amino-alcohol motifs (C(OH)–C–C–N with tert-alkyl or cyclic N) is 1. The van der Waals surface area contributed by atoms with Crippen LogP contribution in [0.15, 0.2) is 34.9 Å². The lowest BCUT2D eigenvalue weighted by atomic mass is 10.1. The second-order valence-electron chi connectivity index (χ2n) is 5.22. The summed E-state index contributed by atoms with van der Waals surface area (Å²) in [6.07, 6.45) is 0.651. The number of hydrogen-bond donors (Lipinski definition) is 1. The number of aromatic nitrogens is 1. The molecule has 0 saturated carbocycles. The molecule has 1 aromatic carbocycles. The second-order valence-corrected chi connectivity index (χ2v) is 5.22. The molecule has 1 aliphatic rings. The van der Waals surface area contributed by atoms with Gasteiger partial charge in [-0.15, -0.1) is 0 Å². The van der Waals surface area contributed by atoms with Gasteiger partial charge in [0, 0.05) is 24.7 Å². The zero-order valence-electron chi connectivity index (χ0n) is 11.0. The molecular formula is C15H18N2O2. The fourth-order valence-corrected chi connectivity index (χ4v) is 2.42. The Kier molecular flexibility index (Phi) is 3.36. The van der Waals surface area contributed by atoms with Crippen molar-refractivity contribution in [3.63, 3.8) is 0 Å². The van der Waals surface area contributed by atoms with E-state index in [9.17, 15) is 5.11 Å². The van der Waals surface area contributed by atoms with Crippen molar-refractivity contribution in [3.05, 3.63) is 41.7 Å². The van der Waals surface area contributed by atoms with E-state index in [1.807, 2.05) is 6.07 Å². The maximum atomic E-state index is 9.50. The number of aliphatic hydroxyl groups excluding tert-OH is 1. The largest absolute Gasteiger partial charge is 0.392 e. The van der Waals surface area contributed by atoms with Crippen LogP contribution in [-0.2, 0) is 6.54 Å². The maximum absolute atomic E-state index is 9.50. The lowest BCUT2D eigenvalue weighted by molar-refractivity contribution is 0.170. The molecule has 0 aliphatic carbocycles. The molecule has 1 aliphatic heterocycles. The van der Waals surface area contributed by atoms with E-state index in [0.717, 1.165) is 43.1 Å². The van der Waals surface area contributed by atoms with Gasteiger partial charge in [0.2, 0.25) is 0 Å². The second kappa shape index (κ2) is 5.15. The van der Waals surface area contributed by atoms with Crippen LogP contribution in [0.3, 0.4) is 0 Å². The lowest BCUT2D eigenvalue weighted by Gasteiger charge is -2.11. The standard InChI is InChI=1S/C15H18N2O2/c1-11-2-4-12(5-3-11)15-8-14(19-16-15)10-17-7-6-13(18)9-17/h2-5,8,13,18H,6-7,9-10H2,1H3/t13-/m0/s1. The number of aryl methyl sites for hydroxylation is 1. The predicted octanol–water partition coefficient (Wildman–Crippen LogP) is 2.22. The van der Waals surface area contributed by atoms with Crippen molar-refractivity contribution in [2.24, 2.45) is 0 Å². The van der Waals surface area contributed by atoms with Crippen LogP contribution >= 0.6 is 0 Å². The smallest absolute Gasteiger partial charge is 0.151 e. The molecule has 3 rings (SSSR count). The van der Waals surface area contributed by atoms with Gasteiger partial charge < -0.3 is 9.63 Å². The molecular weight excluding hydrogens is 240 g/mol. The van der Waals surface area contributed by atoms with E-state index in [0.29, 0.717) is 0 Å². The first-order valence-corrected chi connectivity index (χ1v) is 6.64. The van der Waals surface area contributed by atoms with Gasteiger partial charge in [-0.05, 0) is 13.3 Å². The quantitative estimate of drug-likeness (QED) is 0.917. The molecule has 4 nitrogen and oxygen atoms in total. The number of benzene rings is 1. The molecule has 2 aromatic rings. The van der Waals surface area contributed by atoms with E-state index in [2.05, 4.69) is 41.2 Å². The Morgan fingerprint density at radius 2 is 2.16 bits per heavy atom. The summed E-state index contributed by atoms with van der Waals surface area (Å²) in [5.74, 6) is 0.852. The molecule has 0 unspecified atom stereocenters. The van der Waals surface area contributed by atoms with Crippen LogP contribution in [0.2, 0.25) is 0 Å². The van der Waals surface area contributed by atoms with Crippen LogP contribution in [0.1, 0.15) is 17.7 Å². The van der Waals surface area contributed by atoms with Gasteiger partial charge in [0.25, 0.3) is 0 Å². The molecule has 19 heavy (non-hydrogen) atoms. The average Bonchev–Trinajstić information content (AvgIpc) is 3.00. The first-order valence-electron chi connectivity index (χ1n) is 6.64. The van der Waals surface area contributed by atoms with Gasteiger partial charge in [0.05, 0.1) is 12.6 Å². The highest BCUT2D eigenvalue weighted by molar-refractivity contribution is 5.59. The van der Waals surface area contributed by atoms with Crippen LogP contribution in [-0.4, -0.2) is 34.4 Å². The summed E-state index contributed by atoms with van der Waals surface area (Å²) in [7, 11) is 0. The lowest BCUT2D eigenvalue weighted by Crippen LogP contribution is -2.21. The van der Waals surface area contributed by atoms with Crippen LogP contribution in [0.5, 0.6) is 0 Å². The van der Waals surface area contributed by atoms with Gasteiger partial charge in [0.1, 0.15) is 5.69 Å². The summed E-state index contributed by atoms with van der Waals surface area (Å²) in [6.45, 7) is 4.43. The molecule has 0 amide bonds. The first-order chi connectivity index (χ1) is 9.20. The summed E-state index contributed by atoms with van der Waals surface area (Å²) < 4.78 is 5.37. The zero-order chi connectivity index (χ0) is 13.2.